The summed E-state index contributed by atoms with van der Waals surface area (Å²) < 4.78 is 0. The normalized spacial score (nSPS) is 10.6. The number of carbonyl (C=O) groups is 2. The number of rotatable bonds is 6. The zero-order valence-corrected chi connectivity index (χ0v) is 25.7. The van der Waals surface area contributed by atoms with E-state index in [4.69, 9.17) is 19.8 Å². The maximum atomic E-state index is 10.6. The fourth-order valence-corrected chi connectivity index (χ4v) is 3.69. The van der Waals surface area contributed by atoms with E-state index in [1.807, 2.05) is 62.4 Å². The molecule has 0 aliphatic rings. The van der Waals surface area contributed by atoms with Gasteiger partial charge < -0.3 is 30.0 Å². The summed E-state index contributed by atoms with van der Waals surface area (Å²) in [7, 11) is 0. The van der Waals surface area contributed by atoms with Crippen LogP contribution in [-0.2, 0) is 26.4 Å². The molecule has 3 aromatic rings. The van der Waals surface area contributed by atoms with Gasteiger partial charge in [-0.2, -0.15) is 0 Å². The summed E-state index contributed by atoms with van der Waals surface area (Å²) in [6.45, 7) is 14.2. The third kappa shape index (κ3) is 13.3. The number of hydrogen-bond donors (Lipinski definition) is 2. The van der Waals surface area contributed by atoms with Crippen molar-refractivity contribution in [2.24, 2.45) is 9.98 Å². The van der Waals surface area contributed by atoms with Crippen molar-refractivity contribution in [2.75, 3.05) is 0 Å². The van der Waals surface area contributed by atoms with Crippen LogP contribution >= 0.6 is 0 Å². The van der Waals surface area contributed by atoms with E-state index in [1.165, 1.54) is 0 Å². The molecule has 41 heavy (non-hydrogen) atoms. The molecule has 0 spiro atoms. The molecule has 0 saturated heterocycles. The second kappa shape index (κ2) is 17.7. The number of aliphatic carboxylic acids is 2. The summed E-state index contributed by atoms with van der Waals surface area (Å²) in [5.74, 6) is -1.15. The van der Waals surface area contributed by atoms with Crippen LogP contribution < -0.4 is 10.2 Å². The van der Waals surface area contributed by atoms with E-state index in [-0.39, 0.29) is 40.1 Å². The van der Waals surface area contributed by atoms with E-state index in [1.54, 1.807) is 12.4 Å². The van der Waals surface area contributed by atoms with Gasteiger partial charge in [-0.3, -0.25) is 9.98 Å². The summed E-state index contributed by atoms with van der Waals surface area (Å²) >= 11 is 0. The third-order valence-electron chi connectivity index (χ3n) is 5.41. The summed E-state index contributed by atoms with van der Waals surface area (Å²) in [6.07, 6.45) is 3.39. The summed E-state index contributed by atoms with van der Waals surface area (Å²) in [4.78, 5) is 26.9. The molecule has 0 aliphatic carbocycles. The van der Waals surface area contributed by atoms with Crippen LogP contribution in [0.3, 0.4) is 0 Å². The molecule has 0 aromatic heterocycles. The van der Waals surface area contributed by atoms with Gasteiger partial charge in [-0.05, 0) is 92.1 Å². The molecule has 2 N–H and O–H groups in total. The molecule has 0 aliphatic heterocycles. The number of phenols is 2. The topological polar surface area (TPSA) is 145 Å². The predicted octanol–water partition coefficient (Wildman–Crippen LogP) is 4.97. The SMILES string of the molecule is CC(=O)[O-].CC(=O)[O-].Cc1cc(C=Nc2cccc(N=Cc3cc(C)cc(C(C)C)c3O)c2)c(O)c(C(C)C)c1.[Co+2]. The molecule has 9 heteroatoms. The van der Waals surface area contributed by atoms with Crippen LogP contribution in [0.1, 0.15) is 86.8 Å². The zero-order valence-electron chi connectivity index (χ0n) is 24.7. The minimum Gasteiger partial charge on any atom is -0.550 e. The van der Waals surface area contributed by atoms with Crippen LogP contribution in [0, 0.1) is 13.8 Å². The molecule has 0 heterocycles. The second-order valence-electron chi connectivity index (χ2n) is 9.91. The maximum Gasteiger partial charge on any atom is 2.00 e. The molecule has 3 aromatic carbocycles. The first-order valence-electron chi connectivity index (χ1n) is 12.8. The first-order valence-corrected chi connectivity index (χ1v) is 12.8. The molecule has 1 radical (unpaired) electrons. The van der Waals surface area contributed by atoms with Crippen molar-refractivity contribution in [1.82, 2.24) is 0 Å². The van der Waals surface area contributed by atoms with Crippen LogP contribution in [0.4, 0.5) is 11.4 Å². The molecule has 0 fully saturated rings. The van der Waals surface area contributed by atoms with Crippen molar-refractivity contribution in [3.05, 3.63) is 81.9 Å². The van der Waals surface area contributed by atoms with E-state index < -0.39 is 11.9 Å². The largest absolute Gasteiger partial charge is 2.00 e. The number of aromatic hydroxyl groups is 2. The number of carboxylic acids is 2. The van der Waals surface area contributed by atoms with Crippen LogP contribution in [0.5, 0.6) is 11.5 Å². The summed E-state index contributed by atoms with van der Waals surface area (Å²) in [5.41, 5.74) is 6.90. The van der Waals surface area contributed by atoms with Crippen LogP contribution in [0.15, 0.2) is 58.5 Å². The van der Waals surface area contributed by atoms with Crippen molar-refractivity contribution < 1.29 is 46.8 Å². The third-order valence-corrected chi connectivity index (χ3v) is 5.41. The summed E-state index contributed by atoms with van der Waals surface area (Å²) in [6, 6.07) is 15.4. The predicted molar refractivity (Wildman–Crippen MR) is 156 cm³/mol. The Hall–Kier alpha value is -3.95. The van der Waals surface area contributed by atoms with Gasteiger partial charge in [0.25, 0.3) is 0 Å². The second-order valence-corrected chi connectivity index (χ2v) is 9.91. The van der Waals surface area contributed by atoms with Gasteiger partial charge in [-0.1, -0.05) is 45.9 Å². The standard InChI is InChI=1S/C28H32N2O2.2C2H4O2.Co/c1-17(2)25-12-19(5)10-21(27(25)31)15-29-23-8-7-9-24(14-23)30-16-22-11-20(6)13-26(18(3)4)28(22)32;2*1-2(3)4;/h7-18,31-32H,1-6H3;2*1H3,(H,3,4);/q;;;+2/p-2. The van der Waals surface area contributed by atoms with Gasteiger partial charge in [0.2, 0.25) is 0 Å². The van der Waals surface area contributed by atoms with Gasteiger partial charge in [0, 0.05) is 35.5 Å². The molecule has 0 saturated carbocycles. The molecular weight excluding hydrogens is 567 g/mol. The van der Waals surface area contributed by atoms with Gasteiger partial charge in [0.05, 0.1) is 11.4 Å². The molecule has 0 atom stereocenters. The Bertz CT molecular complexity index is 1270. The van der Waals surface area contributed by atoms with Crippen molar-refractivity contribution in [1.29, 1.82) is 0 Å². The number of aryl methyl sites for hydroxylation is 2. The maximum absolute atomic E-state index is 10.6. The number of aliphatic imine (C=N–C) groups is 2. The smallest absolute Gasteiger partial charge is 0.550 e. The van der Waals surface area contributed by atoms with E-state index in [9.17, 15) is 10.2 Å². The van der Waals surface area contributed by atoms with Crippen LogP contribution in [0.2, 0.25) is 0 Å². The summed E-state index contributed by atoms with van der Waals surface area (Å²) in [5, 5.41) is 39.0. The van der Waals surface area contributed by atoms with Crippen molar-refractivity contribution in [2.45, 2.75) is 67.2 Å². The molecule has 0 bridgehead atoms. The number of carboxylic acid groups (broad SMARTS) is 2. The van der Waals surface area contributed by atoms with Crippen molar-refractivity contribution >= 4 is 35.7 Å². The van der Waals surface area contributed by atoms with Crippen molar-refractivity contribution in [3.8, 4) is 11.5 Å². The van der Waals surface area contributed by atoms with E-state index in [2.05, 4.69) is 37.7 Å². The van der Waals surface area contributed by atoms with Crippen LogP contribution in [-0.4, -0.2) is 34.6 Å². The molecule has 8 nitrogen and oxygen atoms in total. The molecule has 0 unspecified atom stereocenters. The number of phenolic OH excluding ortho intramolecular Hbond substituents is 2. The molecule has 221 valence electrons. The van der Waals surface area contributed by atoms with E-state index in [0.717, 1.165) is 47.5 Å². The minimum absolute atomic E-state index is 0. The number of benzene rings is 3. The fraction of sp³-hybridized carbons (Fsp3) is 0.312. The zero-order chi connectivity index (χ0) is 30.6. The van der Waals surface area contributed by atoms with Gasteiger partial charge in [0.1, 0.15) is 11.5 Å². The first kappa shape index (κ1) is 37.0. The Labute approximate surface area is 252 Å². The molecule has 0 amide bonds. The van der Waals surface area contributed by atoms with Gasteiger partial charge >= 0.3 is 16.8 Å². The Morgan fingerprint density at radius 3 is 1.32 bits per heavy atom. The van der Waals surface area contributed by atoms with Crippen LogP contribution in [0.25, 0.3) is 0 Å². The van der Waals surface area contributed by atoms with E-state index >= 15 is 0 Å². The van der Waals surface area contributed by atoms with Gasteiger partial charge in [-0.25, -0.2) is 0 Å². The Kier molecular flexibility index (Phi) is 16.0. The number of hydrogen-bond acceptors (Lipinski definition) is 8. The Morgan fingerprint density at radius 2 is 1.02 bits per heavy atom. The molecular formula is C32H38CoN2O6. The quantitative estimate of drug-likeness (QED) is 0.380. The van der Waals surface area contributed by atoms with Gasteiger partial charge in [0.15, 0.2) is 0 Å². The average molecular weight is 606 g/mol. The monoisotopic (exact) mass is 605 g/mol. The Balaban J connectivity index is 0.00000158. The van der Waals surface area contributed by atoms with Gasteiger partial charge in [-0.15, -0.1) is 0 Å². The Morgan fingerprint density at radius 1 is 0.707 bits per heavy atom. The first-order chi connectivity index (χ1) is 18.6. The van der Waals surface area contributed by atoms with E-state index in [0.29, 0.717) is 11.1 Å². The minimum atomic E-state index is -1.08. The average Bonchev–Trinajstić information content (AvgIpc) is 2.84. The fourth-order valence-electron chi connectivity index (χ4n) is 3.69. The molecule has 3 rings (SSSR count). The van der Waals surface area contributed by atoms with Crippen molar-refractivity contribution in [3.63, 3.8) is 0 Å². The number of nitrogens with zero attached hydrogens (tertiary/aromatic N) is 2. The number of carbonyl (C=O) groups excluding carboxylic acids is 2.